The molecule has 2 rings (SSSR count). The van der Waals surface area contributed by atoms with Crippen LogP contribution in [0.3, 0.4) is 0 Å². The number of esters is 1. The highest BCUT2D eigenvalue weighted by Crippen LogP contribution is 2.35. The van der Waals surface area contributed by atoms with Gasteiger partial charge in [-0.1, -0.05) is 0 Å². The number of hydrogen-bond acceptors (Lipinski definition) is 6. The molecule has 146 valence electrons. The average molecular weight is 384 g/mol. The van der Waals surface area contributed by atoms with Crippen LogP contribution in [0.25, 0.3) is 4.85 Å². The van der Waals surface area contributed by atoms with Gasteiger partial charge in [-0.25, -0.2) is 9.64 Å². The molecular formula is C20H20N2O6. The molecule has 0 atom stereocenters. The maximum absolute atomic E-state index is 12.0. The van der Waals surface area contributed by atoms with Crippen LogP contribution in [0.4, 0.5) is 11.4 Å². The van der Waals surface area contributed by atoms with E-state index < -0.39 is 16.5 Å². The normalized spacial score (nSPS) is 10.7. The lowest BCUT2D eigenvalue weighted by Gasteiger charge is -2.25. The smallest absolute Gasteiger partial charge is 0.349 e. The number of rotatable bonds is 7. The zero-order valence-electron chi connectivity index (χ0n) is 16.0. The topological polar surface area (TPSA) is 92.3 Å². The Morgan fingerprint density at radius 1 is 1.21 bits per heavy atom. The number of benzene rings is 2. The predicted molar refractivity (Wildman–Crippen MR) is 102 cm³/mol. The molecule has 0 bridgehead atoms. The van der Waals surface area contributed by atoms with Crippen LogP contribution in [0.2, 0.25) is 0 Å². The standard InChI is InChI=1S/C20H20N2O6/c1-6-26-19(23)20(3,4)28-18-10-8-14(11-13(18)2)27-15-7-9-17(22(24)25)16(12-15)21-5/h7-12H,6H2,1-4H3. The molecule has 0 saturated carbocycles. The van der Waals surface area contributed by atoms with E-state index in [2.05, 4.69) is 4.85 Å². The molecule has 0 fully saturated rings. The molecule has 0 unspecified atom stereocenters. The van der Waals surface area contributed by atoms with Crippen LogP contribution in [-0.4, -0.2) is 23.1 Å². The lowest BCUT2D eigenvalue weighted by Crippen LogP contribution is -2.39. The first-order chi connectivity index (χ1) is 13.2. The second kappa shape index (κ2) is 8.39. The van der Waals surface area contributed by atoms with E-state index in [-0.39, 0.29) is 18.0 Å². The van der Waals surface area contributed by atoms with Crippen molar-refractivity contribution in [3.05, 3.63) is 63.5 Å². The van der Waals surface area contributed by atoms with Crippen molar-refractivity contribution in [2.75, 3.05) is 6.61 Å². The van der Waals surface area contributed by atoms with Gasteiger partial charge in [0.15, 0.2) is 5.60 Å². The van der Waals surface area contributed by atoms with E-state index in [1.54, 1.807) is 45.9 Å². The van der Waals surface area contributed by atoms with Crippen LogP contribution >= 0.6 is 0 Å². The molecule has 0 spiro atoms. The first-order valence-electron chi connectivity index (χ1n) is 8.48. The summed E-state index contributed by atoms with van der Waals surface area (Å²) in [6.45, 7) is 14.1. The molecule has 2 aromatic rings. The lowest BCUT2D eigenvalue weighted by atomic mass is 10.1. The van der Waals surface area contributed by atoms with E-state index in [0.717, 1.165) is 5.56 Å². The van der Waals surface area contributed by atoms with Gasteiger partial charge in [-0.15, -0.1) is 0 Å². The van der Waals surface area contributed by atoms with Gasteiger partial charge >= 0.3 is 5.97 Å². The van der Waals surface area contributed by atoms with Crippen molar-refractivity contribution in [2.24, 2.45) is 0 Å². The van der Waals surface area contributed by atoms with Crippen LogP contribution in [0, 0.1) is 23.6 Å². The van der Waals surface area contributed by atoms with Gasteiger partial charge in [-0.3, -0.25) is 10.1 Å². The van der Waals surface area contributed by atoms with Crippen molar-refractivity contribution in [3.63, 3.8) is 0 Å². The van der Waals surface area contributed by atoms with Gasteiger partial charge < -0.3 is 14.2 Å². The molecular weight excluding hydrogens is 364 g/mol. The fourth-order valence-electron chi connectivity index (χ4n) is 2.37. The molecule has 0 aliphatic rings. The number of ether oxygens (including phenoxy) is 3. The maximum atomic E-state index is 12.0. The summed E-state index contributed by atoms with van der Waals surface area (Å²) in [5.74, 6) is 0.795. The van der Waals surface area contributed by atoms with Crippen molar-refractivity contribution < 1.29 is 23.9 Å². The molecule has 8 nitrogen and oxygen atoms in total. The van der Waals surface area contributed by atoms with Crippen LogP contribution in [0.5, 0.6) is 17.2 Å². The molecule has 0 radical (unpaired) electrons. The van der Waals surface area contributed by atoms with Crippen LogP contribution in [-0.2, 0) is 9.53 Å². The van der Waals surface area contributed by atoms with Gasteiger partial charge in [0.2, 0.25) is 0 Å². The Kier molecular flexibility index (Phi) is 6.21. The van der Waals surface area contributed by atoms with Crippen molar-refractivity contribution in [1.29, 1.82) is 0 Å². The van der Waals surface area contributed by atoms with E-state index in [0.29, 0.717) is 17.2 Å². The van der Waals surface area contributed by atoms with Crippen LogP contribution in [0.15, 0.2) is 36.4 Å². The van der Waals surface area contributed by atoms with E-state index >= 15 is 0 Å². The number of carbonyl (C=O) groups is 1. The largest absolute Gasteiger partial charge is 0.476 e. The van der Waals surface area contributed by atoms with Gasteiger partial charge in [0, 0.05) is 6.07 Å². The number of aryl methyl sites for hydroxylation is 1. The number of nitro groups is 1. The van der Waals surface area contributed by atoms with Crippen LogP contribution in [0.1, 0.15) is 26.3 Å². The van der Waals surface area contributed by atoms with Crippen molar-refractivity contribution in [3.8, 4) is 17.2 Å². The third-order valence-corrected chi connectivity index (χ3v) is 3.78. The second-order valence-corrected chi connectivity index (χ2v) is 6.38. The molecule has 0 aliphatic heterocycles. The highest BCUT2D eigenvalue weighted by molar-refractivity contribution is 5.79. The molecule has 2 aromatic carbocycles. The predicted octanol–water partition coefficient (Wildman–Crippen LogP) is 4.97. The molecule has 0 amide bonds. The summed E-state index contributed by atoms with van der Waals surface area (Å²) in [5, 5.41) is 10.9. The Morgan fingerprint density at radius 2 is 1.86 bits per heavy atom. The summed E-state index contributed by atoms with van der Waals surface area (Å²) < 4.78 is 16.5. The van der Waals surface area contributed by atoms with Gasteiger partial charge in [0.25, 0.3) is 11.4 Å². The molecule has 0 aliphatic carbocycles. The van der Waals surface area contributed by atoms with Crippen molar-refractivity contribution in [1.82, 2.24) is 0 Å². The molecule has 0 N–H and O–H groups in total. The van der Waals surface area contributed by atoms with Crippen LogP contribution < -0.4 is 9.47 Å². The summed E-state index contributed by atoms with van der Waals surface area (Å²) in [6.07, 6.45) is 0. The molecule has 0 aromatic heterocycles. The third-order valence-electron chi connectivity index (χ3n) is 3.78. The quantitative estimate of drug-likeness (QED) is 0.290. The summed E-state index contributed by atoms with van der Waals surface area (Å²) in [4.78, 5) is 25.4. The summed E-state index contributed by atoms with van der Waals surface area (Å²) in [5.41, 5.74) is -0.799. The Balaban J connectivity index is 2.20. The van der Waals surface area contributed by atoms with E-state index in [4.69, 9.17) is 20.8 Å². The Morgan fingerprint density at radius 3 is 2.43 bits per heavy atom. The average Bonchev–Trinajstić information content (AvgIpc) is 2.63. The monoisotopic (exact) mass is 384 g/mol. The molecule has 8 heteroatoms. The fraction of sp³-hybridized carbons (Fsp3) is 0.300. The number of nitrogens with zero attached hydrogens (tertiary/aromatic N) is 2. The summed E-state index contributed by atoms with van der Waals surface area (Å²) in [6, 6.07) is 8.98. The minimum atomic E-state index is -1.15. The first-order valence-corrected chi connectivity index (χ1v) is 8.48. The zero-order valence-corrected chi connectivity index (χ0v) is 16.0. The first kappa shape index (κ1) is 20.7. The number of nitro benzene ring substituents is 1. The summed E-state index contributed by atoms with van der Waals surface area (Å²) >= 11 is 0. The van der Waals surface area contributed by atoms with Gasteiger partial charge in [-0.05, 0) is 63.6 Å². The SMILES string of the molecule is [C-]#[N+]c1cc(Oc2ccc(OC(C)(C)C(=O)OCC)c(C)c2)ccc1[N+](=O)[O-]. The zero-order chi connectivity index (χ0) is 20.9. The lowest BCUT2D eigenvalue weighted by molar-refractivity contribution is -0.383. The fourth-order valence-corrected chi connectivity index (χ4v) is 2.37. The van der Waals surface area contributed by atoms with Gasteiger partial charge in [-0.2, -0.15) is 0 Å². The number of hydrogen-bond donors (Lipinski definition) is 0. The van der Waals surface area contributed by atoms with E-state index in [1.807, 2.05) is 0 Å². The maximum Gasteiger partial charge on any atom is 0.349 e. The Bertz CT molecular complexity index is 946. The van der Waals surface area contributed by atoms with Crippen molar-refractivity contribution >= 4 is 17.3 Å². The highest BCUT2D eigenvalue weighted by atomic mass is 16.6. The minimum Gasteiger partial charge on any atom is -0.476 e. The van der Waals surface area contributed by atoms with E-state index in [9.17, 15) is 14.9 Å². The molecule has 0 saturated heterocycles. The van der Waals surface area contributed by atoms with E-state index in [1.165, 1.54) is 18.2 Å². The second-order valence-electron chi connectivity index (χ2n) is 6.38. The van der Waals surface area contributed by atoms with Gasteiger partial charge in [0.05, 0.1) is 18.1 Å². The summed E-state index contributed by atoms with van der Waals surface area (Å²) in [7, 11) is 0. The van der Waals surface area contributed by atoms with Gasteiger partial charge in [0.1, 0.15) is 17.2 Å². The van der Waals surface area contributed by atoms with Crippen molar-refractivity contribution in [2.45, 2.75) is 33.3 Å². The molecule has 28 heavy (non-hydrogen) atoms. The molecule has 0 heterocycles. The minimum absolute atomic E-state index is 0.102. The third kappa shape index (κ3) is 4.76. The Hall–Kier alpha value is -3.60. The Labute approximate surface area is 162 Å². The highest BCUT2D eigenvalue weighted by Gasteiger charge is 2.32. The number of carbonyl (C=O) groups excluding carboxylic acids is 1.